The van der Waals surface area contributed by atoms with E-state index in [1.165, 1.54) is 12.1 Å². The summed E-state index contributed by atoms with van der Waals surface area (Å²) in [7, 11) is 1.48. The first-order valence-electron chi connectivity index (χ1n) is 7.80. The van der Waals surface area contributed by atoms with Crippen LogP contribution in [0.15, 0.2) is 18.2 Å². The number of hydrogen-bond donors (Lipinski definition) is 4. The van der Waals surface area contributed by atoms with Crippen LogP contribution in [-0.4, -0.2) is 56.3 Å². The molecule has 1 heterocycles. The maximum absolute atomic E-state index is 11.7. The van der Waals surface area contributed by atoms with Gasteiger partial charge in [-0.25, -0.2) is 0 Å². The van der Waals surface area contributed by atoms with Crippen LogP contribution in [0.3, 0.4) is 0 Å². The maximum Gasteiger partial charge on any atom is 0.318 e. The van der Waals surface area contributed by atoms with Crippen molar-refractivity contribution in [1.82, 2.24) is 0 Å². The van der Waals surface area contributed by atoms with Crippen LogP contribution < -0.4 is 9.47 Å². The van der Waals surface area contributed by atoms with Gasteiger partial charge in [-0.05, 0) is 17.7 Å². The Morgan fingerprint density at radius 3 is 2.11 bits per heavy atom. The molecule has 12 heteroatoms. The van der Waals surface area contributed by atoms with Crippen LogP contribution in [0.2, 0.25) is 0 Å². The average molecular weight is 432 g/mol. The Morgan fingerprint density at radius 1 is 0.893 bits per heavy atom. The molecule has 0 spiro atoms. The molecule has 0 aromatic heterocycles. The quantitative estimate of drug-likeness (QED) is 0.376. The minimum absolute atomic E-state index is 0.0114. The summed E-state index contributed by atoms with van der Waals surface area (Å²) in [5.74, 6) is -5.97. The number of hydrogen-bond acceptors (Lipinski definition) is 8. The zero-order valence-corrected chi connectivity index (χ0v) is 15.8. The number of rotatable bonds is 11. The first-order chi connectivity index (χ1) is 13.2. The fraction of sp³-hybridized carbons (Fsp3) is 0.375. The fourth-order valence-corrected chi connectivity index (χ4v) is 5.50. The van der Waals surface area contributed by atoms with Crippen molar-refractivity contribution in [2.75, 3.05) is 6.79 Å². The molecule has 1 aliphatic heterocycles. The van der Waals surface area contributed by atoms with Gasteiger partial charge in [0.05, 0.1) is 24.0 Å². The number of carbonyl (C=O) groups is 4. The van der Waals surface area contributed by atoms with Crippen LogP contribution in [-0.2, 0) is 19.2 Å². The van der Waals surface area contributed by atoms with Gasteiger partial charge in [-0.2, -0.15) is 0 Å². The van der Waals surface area contributed by atoms with Crippen LogP contribution >= 0.6 is 21.6 Å². The highest BCUT2D eigenvalue weighted by molar-refractivity contribution is 8.77. The Hall–Kier alpha value is -2.60. The number of ether oxygens (including phenoxy) is 2. The molecule has 2 rings (SSSR count). The molecule has 0 saturated heterocycles. The van der Waals surface area contributed by atoms with E-state index in [-0.39, 0.29) is 6.79 Å². The SMILES string of the molecule is O=C(O)CC(SSC(c1ccc2c(c1)OCO2)C(CC(=O)O)C(=O)O)C(=O)O. The monoisotopic (exact) mass is 432 g/mol. The summed E-state index contributed by atoms with van der Waals surface area (Å²) in [6, 6.07) is 4.59. The van der Waals surface area contributed by atoms with Gasteiger partial charge in [0, 0.05) is 0 Å². The van der Waals surface area contributed by atoms with E-state index in [1.54, 1.807) is 6.07 Å². The van der Waals surface area contributed by atoms with Gasteiger partial charge >= 0.3 is 23.9 Å². The van der Waals surface area contributed by atoms with Gasteiger partial charge in [0.25, 0.3) is 0 Å². The van der Waals surface area contributed by atoms with Gasteiger partial charge in [0.1, 0.15) is 5.25 Å². The summed E-state index contributed by atoms with van der Waals surface area (Å²) in [4.78, 5) is 45.0. The minimum Gasteiger partial charge on any atom is -0.481 e. The molecule has 0 fully saturated rings. The van der Waals surface area contributed by atoms with Crippen LogP contribution in [0.5, 0.6) is 11.5 Å². The summed E-state index contributed by atoms with van der Waals surface area (Å²) in [6.07, 6.45) is -1.36. The first kappa shape index (κ1) is 21.7. The first-order valence-corrected chi connectivity index (χ1v) is 10.1. The Bertz CT molecular complexity index is 781. The Morgan fingerprint density at radius 2 is 1.54 bits per heavy atom. The Balaban J connectivity index is 2.32. The second kappa shape index (κ2) is 9.55. The normalized spacial score (nSPS) is 15.4. The van der Waals surface area contributed by atoms with Gasteiger partial charge in [-0.1, -0.05) is 27.7 Å². The van der Waals surface area contributed by atoms with Gasteiger partial charge in [-0.3, -0.25) is 19.2 Å². The third-order valence-corrected chi connectivity index (χ3v) is 6.89. The number of benzene rings is 1. The van der Waals surface area contributed by atoms with Gasteiger partial charge in [-0.15, -0.1) is 0 Å². The van der Waals surface area contributed by atoms with E-state index in [4.69, 9.17) is 19.7 Å². The average Bonchev–Trinajstić information content (AvgIpc) is 3.06. The van der Waals surface area contributed by atoms with Crippen molar-refractivity contribution in [2.24, 2.45) is 5.92 Å². The summed E-state index contributed by atoms with van der Waals surface area (Å²) >= 11 is 0. The van der Waals surface area contributed by atoms with Crippen LogP contribution in [0.4, 0.5) is 0 Å². The smallest absolute Gasteiger partial charge is 0.318 e. The predicted molar refractivity (Wildman–Crippen MR) is 97.5 cm³/mol. The number of aliphatic carboxylic acids is 4. The summed E-state index contributed by atoms with van der Waals surface area (Å²) in [5.41, 5.74) is 0.398. The van der Waals surface area contributed by atoms with Crippen LogP contribution in [0, 0.1) is 5.92 Å². The molecule has 0 radical (unpaired) electrons. The molecule has 0 amide bonds. The van der Waals surface area contributed by atoms with E-state index in [2.05, 4.69) is 0 Å². The third kappa shape index (κ3) is 5.70. The van der Waals surface area contributed by atoms with Crippen molar-refractivity contribution in [1.29, 1.82) is 0 Å². The second-order valence-electron chi connectivity index (χ2n) is 5.69. The van der Waals surface area contributed by atoms with E-state index in [0.717, 1.165) is 10.8 Å². The fourth-order valence-electron chi connectivity index (χ4n) is 2.41. The van der Waals surface area contributed by atoms with E-state index < -0.39 is 53.1 Å². The van der Waals surface area contributed by atoms with Crippen molar-refractivity contribution >= 4 is 45.5 Å². The van der Waals surface area contributed by atoms with Gasteiger partial charge in [0.2, 0.25) is 6.79 Å². The highest BCUT2D eigenvalue weighted by Gasteiger charge is 2.35. The van der Waals surface area contributed by atoms with Gasteiger partial charge in [0.15, 0.2) is 11.5 Å². The second-order valence-corrected chi connectivity index (χ2v) is 8.31. The Labute approximate surface area is 166 Å². The molecule has 152 valence electrons. The van der Waals surface area contributed by atoms with Crippen LogP contribution in [0.1, 0.15) is 23.7 Å². The van der Waals surface area contributed by atoms with Crippen molar-refractivity contribution < 1.29 is 49.1 Å². The molecular weight excluding hydrogens is 416 g/mol. The molecular formula is C16H16O10S2. The summed E-state index contributed by atoms with van der Waals surface area (Å²) < 4.78 is 10.4. The summed E-state index contributed by atoms with van der Waals surface area (Å²) in [5, 5.41) is 34.3. The summed E-state index contributed by atoms with van der Waals surface area (Å²) in [6.45, 7) is -0.0114. The largest absolute Gasteiger partial charge is 0.481 e. The Kier molecular flexibility index (Phi) is 7.40. The van der Waals surface area contributed by atoms with E-state index in [1.807, 2.05) is 0 Å². The number of carboxylic acids is 4. The van der Waals surface area contributed by atoms with Gasteiger partial charge < -0.3 is 29.9 Å². The zero-order chi connectivity index (χ0) is 20.8. The van der Waals surface area contributed by atoms with Crippen molar-refractivity contribution in [3.05, 3.63) is 23.8 Å². The number of carboxylic acid groups (broad SMARTS) is 4. The number of fused-ring (bicyclic) bond motifs is 1. The van der Waals surface area contributed by atoms with E-state index >= 15 is 0 Å². The zero-order valence-electron chi connectivity index (χ0n) is 14.1. The lowest BCUT2D eigenvalue weighted by molar-refractivity contribution is -0.148. The topological polar surface area (TPSA) is 168 Å². The molecule has 0 bridgehead atoms. The predicted octanol–water partition coefficient (Wildman–Crippen LogP) is 1.94. The lowest BCUT2D eigenvalue weighted by atomic mass is 9.95. The van der Waals surface area contributed by atoms with E-state index in [9.17, 15) is 29.4 Å². The highest BCUT2D eigenvalue weighted by Crippen LogP contribution is 2.48. The molecule has 1 aliphatic rings. The highest BCUT2D eigenvalue weighted by atomic mass is 33.1. The lowest BCUT2D eigenvalue weighted by Crippen LogP contribution is -2.24. The van der Waals surface area contributed by atoms with Crippen LogP contribution in [0.25, 0.3) is 0 Å². The molecule has 28 heavy (non-hydrogen) atoms. The molecule has 3 atom stereocenters. The van der Waals surface area contributed by atoms with E-state index in [0.29, 0.717) is 27.9 Å². The third-order valence-electron chi connectivity index (χ3n) is 3.71. The maximum atomic E-state index is 11.7. The standard InChI is InChI=1S/C16H16O10S2/c17-12(18)4-8(15(21)22)14(28-27-11(16(23)24)5-13(19)20)7-1-2-9-10(3-7)26-6-25-9/h1-3,8,11,14H,4-6H2,(H,17,18)(H,19,20)(H,21,22)(H,23,24). The van der Waals surface area contributed by atoms with Crippen molar-refractivity contribution in [3.63, 3.8) is 0 Å². The van der Waals surface area contributed by atoms with Crippen molar-refractivity contribution in [3.8, 4) is 11.5 Å². The molecule has 1 aromatic rings. The minimum atomic E-state index is -1.38. The molecule has 0 aliphatic carbocycles. The molecule has 3 unspecified atom stereocenters. The lowest BCUT2D eigenvalue weighted by Gasteiger charge is -2.23. The molecule has 1 aromatic carbocycles. The van der Waals surface area contributed by atoms with Crippen molar-refractivity contribution in [2.45, 2.75) is 23.3 Å². The molecule has 0 saturated carbocycles. The molecule has 10 nitrogen and oxygen atoms in total. The molecule has 4 N–H and O–H groups in total.